The van der Waals surface area contributed by atoms with Crippen LogP contribution in [0.25, 0.3) is 11.3 Å². The van der Waals surface area contributed by atoms with E-state index in [-0.39, 0.29) is 10.5 Å². The van der Waals surface area contributed by atoms with Crippen LogP contribution in [0, 0.1) is 0 Å². The van der Waals surface area contributed by atoms with E-state index in [1.165, 1.54) is 24.3 Å². The summed E-state index contributed by atoms with van der Waals surface area (Å²) in [7, 11) is 0.0861. The third-order valence-corrected chi connectivity index (χ3v) is 4.94. The number of carbonyl (C=O) groups is 1. The van der Waals surface area contributed by atoms with Crippen LogP contribution in [0.5, 0.6) is 0 Å². The van der Waals surface area contributed by atoms with Gasteiger partial charge in [0.25, 0.3) is 5.56 Å². The average Bonchev–Trinajstić information content (AvgIpc) is 2.54. The highest BCUT2D eigenvalue weighted by Crippen LogP contribution is 2.18. The highest BCUT2D eigenvalue weighted by atomic mass is 32.2. The van der Waals surface area contributed by atoms with E-state index in [0.29, 0.717) is 24.3 Å². The van der Waals surface area contributed by atoms with Crippen molar-refractivity contribution in [2.24, 2.45) is 0 Å². The Morgan fingerprint density at radius 2 is 1.80 bits per heavy atom. The first-order valence-corrected chi connectivity index (χ1v) is 8.90. The molecule has 3 N–H and O–H groups in total. The van der Waals surface area contributed by atoms with Crippen LogP contribution in [0.1, 0.15) is 10.4 Å². The van der Waals surface area contributed by atoms with E-state index in [2.05, 4.69) is 9.71 Å². The SMILES string of the molecule is CN(C)CCNS(=O)(=O)c1ccc(-c2ccc(C(=O)O)c(=O)[nH]2)cc1. The van der Waals surface area contributed by atoms with Gasteiger partial charge < -0.3 is 15.0 Å². The molecule has 2 aromatic rings. The monoisotopic (exact) mass is 365 g/mol. The first-order valence-electron chi connectivity index (χ1n) is 7.42. The van der Waals surface area contributed by atoms with Crippen LogP contribution in [0.15, 0.2) is 46.1 Å². The molecule has 0 fully saturated rings. The van der Waals surface area contributed by atoms with Crippen molar-refractivity contribution in [2.75, 3.05) is 27.2 Å². The number of carboxylic acids is 1. The van der Waals surface area contributed by atoms with Crippen molar-refractivity contribution in [3.63, 3.8) is 0 Å². The predicted molar refractivity (Wildman–Crippen MR) is 93.2 cm³/mol. The van der Waals surface area contributed by atoms with Crippen molar-refractivity contribution >= 4 is 16.0 Å². The molecule has 0 aliphatic heterocycles. The Bertz CT molecular complexity index is 918. The minimum atomic E-state index is -3.61. The van der Waals surface area contributed by atoms with E-state index in [1.807, 2.05) is 19.0 Å². The number of nitrogens with one attached hydrogen (secondary N) is 2. The smallest absolute Gasteiger partial charge is 0.341 e. The van der Waals surface area contributed by atoms with Gasteiger partial charge >= 0.3 is 5.97 Å². The molecule has 0 unspecified atom stereocenters. The molecule has 25 heavy (non-hydrogen) atoms. The summed E-state index contributed by atoms with van der Waals surface area (Å²) in [5.41, 5.74) is -0.0964. The third-order valence-electron chi connectivity index (χ3n) is 3.47. The average molecular weight is 365 g/mol. The number of H-pyrrole nitrogens is 1. The zero-order chi connectivity index (χ0) is 18.6. The number of rotatable bonds is 7. The molecular formula is C16H19N3O5S. The second kappa shape index (κ2) is 7.60. The van der Waals surface area contributed by atoms with E-state index in [9.17, 15) is 18.0 Å². The van der Waals surface area contributed by atoms with Crippen LogP contribution < -0.4 is 10.3 Å². The van der Waals surface area contributed by atoms with Gasteiger partial charge in [0.2, 0.25) is 10.0 Å². The first-order chi connectivity index (χ1) is 11.7. The number of aromatic carboxylic acids is 1. The van der Waals surface area contributed by atoms with Gasteiger partial charge in [-0.15, -0.1) is 0 Å². The Labute approximate surface area is 145 Å². The minimum absolute atomic E-state index is 0.111. The maximum atomic E-state index is 12.2. The van der Waals surface area contributed by atoms with Crippen molar-refractivity contribution in [3.05, 3.63) is 52.3 Å². The Kier molecular flexibility index (Phi) is 5.73. The van der Waals surface area contributed by atoms with Crippen LogP contribution in [0.4, 0.5) is 0 Å². The fourth-order valence-electron chi connectivity index (χ4n) is 2.11. The molecule has 0 radical (unpaired) electrons. The highest BCUT2D eigenvalue weighted by molar-refractivity contribution is 7.89. The van der Waals surface area contributed by atoms with Gasteiger partial charge in [0.15, 0.2) is 0 Å². The molecule has 0 spiro atoms. The van der Waals surface area contributed by atoms with Gasteiger partial charge in [-0.3, -0.25) is 4.79 Å². The lowest BCUT2D eigenvalue weighted by atomic mass is 10.1. The van der Waals surface area contributed by atoms with Gasteiger partial charge in [-0.2, -0.15) is 0 Å². The maximum Gasteiger partial charge on any atom is 0.341 e. The maximum absolute atomic E-state index is 12.2. The van der Waals surface area contributed by atoms with E-state index in [1.54, 1.807) is 12.1 Å². The molecule has 1 aromatic carbocycles. The molecule has 9 heteroatoms. The molecule has 0 saturated carbocycles. The molecule has 0 amide bonds. The summed E-state index contributed by atoms with van der Waals surface area (Å²) in [6.07, 6.45) is 0. The summed E-state index contributed by atoms with van der Waals surface area (Å²) in [6.45, 7) is 0.871. The number of sulfonamides is 1. The fraction of sp³-hybridized carbons (Fsp3) is 0.250. The fourth-order valence-corrected chi connectivity index (χ4v) is 3.13. The highest BCUT2D eigenvalue weighted by Gasteiger charge is 2.14. The molecule has 0 aliphatic rings. The molecule has 2 rings (SSSR count). The van der Waals surface area contributed by atoms with Gasteiger partial charge in [-0.25, -0.2) is 17.9 Å². The van der Waals surface area contributed by atoms with Crippen LogP contribution in [-0.2, 0) is 10.0 Å². The number of aromatic amines is 1. The molecule has 0 atom stereocenters. The van der Waals surface area contributed by atoms with E-state index < -0.39 is 21.6 Å². The lowest BCUT2D eigenvalue weighted by Crippen LogP contribution is -2.31. The molecule has 1 heterocycles. The quantitative estimate of drug-likeness (QED) is 0.660. The van der Waals surface area contributed by atoms with Gasteiger partial charge in [-0.05, 0) is 43.9 Å². The van der Waals surface area contributed by atoms with Crippen molar-refractivity contribution in [3.8, 4) is 11.3 Å². The van der Waals surface area contributed by atoms with E-state index in [0.717, 1.165) is 0 Å². The van der Waals surface area contributed by atoms with E-state index >= 15 is 0 Å². The third kappa shape index (κ3) is 4.75. The molecular weight excluding hydrogens is 346 g/mol. The lowest BCUT2D eigenvalue weighted by Gasteiger charge is -2.11. The summed E-state index contributed by atoms with van der Waals surface area (Å²) in [5.74, 6) is -1.31. The number of likely N-dealkylation sites (N-methyl/N-ethyl adjacent to an activating group) is 1. The summed E-state index contributed by atoms with van der Waals surface area (Å²) in [6, 6.07) is 8.62. The Morgan fingerprint density at radius 1 is 1.16 bits per heavy atom. The van der Waals surface area contributed by atoms with Gasteiger partial charge in [-0.1, -0.05) is 12.1 Å². The number of hydrogen-bond acceptors (Lipinski definition) is 5. The largest absolute Gasteiger partial charge is 0.477 e. The number of carboxylic acid groups (broad SMARTS) is 1. The normalized spacial score (nSPS) is 11.6. The lowest BCUT2D eigenvalue weighted by molar-refractivity contribution is 0.0695. The van der Waals surface area contributed by atoms with Crippen LogP contribution in [0.2, 0.25) is 0 Å². The van der Waals surface area contributed by atoms with Crippen LogP contribution in [-0.4, -0.2) is 56.6 Å². The molecule has 0 bridgehead atoms. The molecule has 0 aliphatic carbocycles. The summed E-state index contributed by atoms with van der Waals surface area (Å²) < 4.78 is 26.9. The second-order valence-corrected chi connectivity index (χ2v) is 7.41. The summed E-state index contributed by atoms with van der Waals surface area (Å²) >= 11 is 0. The standard InChI is InChI=1S/C16H19N3O5S/c1-19(2)10-9-17-25(23,24)12-5-3-11(4-6-12)14-8-7-13(16(21)22)15(20)18-14/h3-8,17H,9-10H2,1-2H3,(H,18,20)(H,21,22). The number of nitrogens with zero attached hydrogens (tertiary/aromatic N) is 1. The molecule has 0 saturated heterocycles. The van der Waals surface area contributed by atoms with Crippen LogP contribution >= 0.6 is 0 Å². The van der Waals surface area contributed by atoms with Crippen molar-refractivity contribution in [1.82, 2.24) is 14.6 Å². The Morgan fingerprint density at radius 3 is 2.32 bits per heavy atom. The zero-order valence-electron chi connectivity index (χ0n) is 13.8. The number of hydrogen-bond donors (Lipinski definition) is 3. The first kappa shape index (κ1) is 18.8. The molecule has 8 nitrogen and oxygen atoms in total. The van der Waals surface area contributed by atoms with Gasteiger partial charge in [0, 0.05) is 18.8 Å². The number of benzene rings is 1. The molecule has 134 valence electrons. The number of aromatic nitrogens is 1. The van der Waals surface area contributed by atoms with Crippen LogP contribution in [0.3, 0.4) is 0 Å². The van der Waals surface area contributed by atoms with Crippen molar-refractivity contribution in [1.29, 1.82) is 0 Å². The second-order valence-electron chi connectivity index (χ2n) is 5.65. The molecule has 1 aromatic heterocycles. The summed E-state index contributed by atoms with van der Waals surface area (Å²) in [4.78, 5) is 27.0. The Hall–Kier alpha value is -2.49. The predicted octanol–water partition coefficient (Wildman–Crippen LogP) is 0.580. The van der Waals surface area contributed by atoms with Crippen molar-refractivity contribution in [2.45, 2.75) is 4.90 Å². The minimum Gasteiger partial charge on any atom is -0.477 e. The Balaban J connectivity index is 2.21. The zero-order valence-corrected chi connectivity index (χ0v) is 14.6. The van der Waals surface area contributed by atoms with Gasteiger partial charge in [0.05, 0.1) is 4.90 Å². The van der Waals surface area contributed by atoms with Gasteiger partial charge in [0.1, 0.15) is 5.56 Å². The topological polar surface area (TPSA) is 120 Å². The summed E-state index contributed by atoms with van der Waals surface area (Å²) in [5, 5.41) is 8.86. The van der Waals surface area contributed by atoms with E-state index in [4.69, 9.17) is 5.11 Å². The van der Waals surface area contributed by atoms with Crippen molar-refractivity contribution < 1.29 is 18.3 Å². The number of pyridine rings is 1.